The Labute approximate surface area is 111 Å². The summed E-state index contributed by atoms with van der Waals surface area (Å²) in [5.74, 6) is 1.23. The Morgan fingerprint density at radius 3 is 2.82 bits per heavy atom. The number of likely N-dealkylation sites (N-methyl/N-ethyl adjacent to an activating group) is 1. The summed E-state index contributed by atoms with van der Waals surface area (Å²) >= 11 is 3.46. The molecule has 0 amide bonds. The van der Waals surface area contributed by atoms with Crippen LogP contribution in [-0.4, -0.2) is 30.8 Å². The first kappa shape index (κ1) is 14.3. The van der Waals surface area contributed by atoms with Crippen LogP contribution in [0.3, 0.4) is 0 Å². The van der Waals surface area contributed by atoms with Crippen LogP contribution in [0.1, 0.15) is 31.6 Å². The third kappa shape index (κ3) is 3.57. The molecule has 0 bridgehead atoms. The minimum absolute atomic E-state index is 0.0135. The third-order valence-corrected chi connectivity index (χ3v) is 3.15. The smallest absolute Gasteiger partial charge is 0.268 e. The van der Waals surface area contributed by atoms with Crippen LogP contribution in [0.2, 0.25) is 0 Å². The molecule has 0 aliphatic rings. The molecule has 1 heterocycles. The van der Waals surface area contributed by atoms with E-state index in [0.29, 0.717) is 12.5 Å². The molecule has 0 radical (unpaired) electrons. The summed E-state index contributed by atoms with van der Waals surface area (Å²) in [6.45, 7) is 6.57. The largest absolute Gasteiger partial charge is 0.475 e. The standard InChI is InChI=1S/C12H19BrN2O2/c1-5-7-8-16-12-10(13)11(17-14-12)9(6-2)15(3)4/h6,9H,2,5,7-8H2,1,3-4H3/t9-/m0/s1. The highest BCUT2D eigenvalue weighted by atomic mass is 79.9. The van der Waals surface area contributed by atoms with Gasteiger partial charge >= 0.3 is 0 Å². The number of rotatable bonds is 7. The molecule has 17 heavy (non-hydrogen) atoms. The van der Waals surface area contributed by atoms with E-state index >= 15 is 0 Å². The summed E-state index contributed by atoms with van der Waals surface area (Å²) in [6.07, 6.45) is 3.91. The molecule has 0 fully saturated rings. The van der Waals surface area contributed by atoms with Gasteiger partial charge in [-0.2, -0.15) is 0 Å². The number of halogens is 1. The van der Waals surface area contributed by atoms with Gasteiger partial charge in [-0.1, -0.05) is 19.4 Å². The summed E-state index contributed by atoms with van der Waals surface area (Å²) in [5.41, 5.74) is 0. The molecule has 1 atom stereocenters. The Bertz CT molecular complexity index is 363. The van der Waals surface area contributed by atoms with Crippen molar-refractivity contribution in [1.29, 1.82) is 0 Å². The number of aromatic nitrogens is 1. The van der Waals surface area contributed by atoms with Crippen LogP contribution < -0.4 is 4.74 Å². The van der Waals surface area contributed by atoms with E-state index in [0.717, 1.165) is 23.1 Å². The summed E-state index contributed by atoms with van der Waals surface area (Å²) in [5, 5.41) is 3.92. The second-order valence-electron chi connectivity index (χ2n) is 4.01. The number of ether oxygens (including phenoxy) is 1. The zero-order chi connectivity index (χ0) is 12.8. The molecule has 0 aliphatic heterocycles. The maximum absolute atomic E-state index is 5.53. The van der Waals surface area contributed by atoms with Crippen LogP contribution in [0.15, 0.2) is 21.7 Å². The predicted octanol–water partition coefficient (Wildman–Crippen LogP) is 3.40. The van der Waals surface area contributed by atoms with E-state index < -0.39 is 0 Å². The van der Waals surface area contributed by atoms with Crippen molar-refractivity contribution in [3.63, 3.8) is 0 Å². The first-order valence-corrected chi connectivity index (χ1v) is 6.48. The Morgan fingerprint density at radius 2 is 2.29 bits per heavy atom. The van der Waals surface area contributed by atoms with Gasteiger partial charge in [0.15, 0.2) is 5.76 Å². The monoisotopic (exact) mass is 302 g/mol. The Hall–Kier alpha value is -0.810. The molecule has 4 nitrogen and oxygen atoms in total. The molecule has 1 rings (SSSR count). The predicted molar refractivity (Wildman–Crippen MR) is 71.2 cm³/mol. The molecular formula is C12H19BrN2O2. The SMILES string of the molecule is C=C[C@@H](c1onc(OCCCC)c1Br)N(C)C. The lowest BCUT2D eigenvalue weighted by Gasteiger charge is -2.17. The van der Waals surface area contributed by atoms with E-state index in [9.17, 15) is 0 Å². The molecule has 0 N–H and O–H groups in total. The molecular weight excluding hydrogens is 284 g/mol. The zero-order valence-corrected chi connectivity index (χ0v) is 12.2. The van der Waals surface area contributed by atoms with Crippen molar-refractivity contribution in [2.75, 3.05) is 20.7 Å². The lowest BCUT2D eigenvalue weighted by atomic mass is 10.2. The maximum atomic E-state index is 5.53. The van der Waals surface area contributed by atoms with Crippen LogP contribution in [-0.2, 0) is 0 Å². The van der Waals surface area contributed by atoms with Gasteiger partial charge < -0.3 is 9.26 Å². The van der Waals surface area contributed by atoms with E-state index in [1.165, 1.54) is 0 Å². The van der Waals surface area contributed by atoms with E-state index in [2.05, 4.69) is 34.6 Å². The van der Waals surface area contributed by atoms with Crippen molar-refractivity contribution in [2.24, 2.45) is 0 Å². The van der Waals surface area contributed by atoms with Crippen LogP contribution in [0.25, 0.3) is 0 Å². The lowest BCUT2D eigenvalue weighted by Crippen LogP contribution is -2.17. The summed E-state index contributed by atoms with van der Waals surface area (Å²) in [7, 11) is 3.91. The van der Waals surface area contributed by atoms with Gasteiger partial charge in [0.1, 0.15) is 4.47 Å². The van der Waals surface area contributed by atoms with Gasteiger partial charge in [-0.25, -0.2) is 0 Å². The number of unbranched alkanes of at least 4 members (excludes halogenated alkanes) is 1. The number of hydrogen-bond acceptors (Lipinski definition) is 4. The van der Waals surface area contributed by atoms with Crippen LogP contribution in [0.5, 0.6) is 5.88 Å². The van der Waals surface area contributed by atoms with Crippen molar-refractivity contribution in [1.82, 2.24) is 10.1 Å². The van der Waals surface area contributed by atoms with E-state index in [4.69, 9.17) is 9.26 Å². The van der Waals surface area contributed by atoms with Crippen LogP contribution in [0.4, 0.5) is 0 Å². The minimum atomic E-state index is -0.0135. The molecule has 1 aromatic rings. The van der Waals surface area contributed by atoms with Gasteiger partial charge in [0.05, 0.1) is 12.6 Å². The molecule has 96 valence electrons. The zero-order valence-electron chi connectivity index (χ0n) is 10.6. The fourth-order valence-corrected chi connectivity index (χ4v) is 1.91. The topological polar surface area (TPSA) is 38.5 Å². The number of nitrogens with zero attached hydrogens (tertiary/aromatic N) is 2. The molecule has 0 saturated carbocycles. The van der Waals surface area contributed by atoms with Gasteiger partial charge in [-0.15, -0.1) is 6.58 Å². The Morgan fingerprint density at radius 1 is 1.59 bits per heavy atom. The molecule has 1 aromatic heterocycles. The van der Waals surface area contributed by atoms with E-state index in [1.807, 2.05) is 19.0 Å². The third-order valence-electron chi connectivity index (χ3n) is 2.42. The average molecular weight is 303 g/mol. The molecule has 0 aliphatic carbocycles. The van der Waals surface area contributed by atoms with E-state index in [-0.39, 0.29) is 6.04 Å². The van der Waals surface area contributed by atoms with Gasteiger partial charge in [-0.3, -0.25) is 4.90 Å². The molecule has 0 saturated heterocycles. The number of hydrogen-bond donors (Lipinski definition) is 0. The Balaban J connectivity index is 2.78. The first-order chi connectivity index (χ1) is 8.11. The second-order valence-corrected chi connectivity index (χ2v) is 4.81. The average Bonchev–Trinajstić information content (AvgIpc) is 2.63. The lowest BCUT2D eigenvalue weighted by molar-refractivity contribution is 0.250. The molecule has 0 spiro atoms. The fourth-order valence-electron chi connectivity index (χ4n) is 1.42. The van der Waals surface area contributed by atoms with Gasteiger partial charge in [0.25, 0.3) is 5.88 Å². The summed E-state index contributed by atoms with van der Waals surface area (Å²) in [4.78, 5) is 1.99. The first-order valence-electron chi connectivity index (χ1n) is 5.68. The van der Waals surface area contributed by atoms with Crippen molar-refractivity contribution in [3.05, 3.63) is 22.9 Å². The minimum Gasteiger partial charge on any atom is -0.475 e. The fraction of sp³-hybridized carbons (Fsp3) is 0.583. The normalized spacial score (nSPS) is 12.8. The van der Waals surface area contributed by atoms with Crippen LogP contribution in [0, 0.1) is 0 Å². The molecule has 5 heteroatoms. The van der Waals surface area contributed by atoms with Crippen molar-refractivity contribution in [3.8, 4) is 5.88 Å². The quantitative estimate of drug-likeness (QED) is 0.571. The van der Waals surface area contributed by atoms with E-state index in [1.54, 1.807) is 6.08 Å². The van der Waals surface area contributed by atoms with Crippen molar-refractivity contribution in [2.45, 2.75) is 25.8 Å². The van der Waals surface area contributed by atoms with Gasteiger partial charge in [-0.05, 0) is 41.6 Å². The Kier molecular flexibility index (Phi) is 5.71. The van der Waals surface area contributed by atoms with Gasteiger partial charge in [0.2, 0.25) is 0 Å². The second kappa shape index (κ2) is 6.81. The van der Waals surface area contributed by atoms with Crippen molar-refractivity contribution < 1.29 is 9.26 Å². The molecule has 0 aromatic carbocycles. The summed E-state index contributed by atoms with van der Waals surface area (Å²) in [6, 6.07) is -0.0135. The van der Waals surface area contributed by atoms with Gasteiger partial charge in [0, 0.05) is 0 Å². The summed E-state index contributed by atoms with van der Waals surface area (Å²) < 4.78 is 11.6. The highest BCUT2D eigenvalue weighted by Crippen LogP contribution is 2.34. The van der Waals surface area contributed by atoms with Crippen molar-refractivity contribution >= 4 is 15.9 Å². The highest BCUT2D eigenvalue weighted by molar-refractivity contribution is 9.10. The maximum Gasteiger partial charge on any atom is 0.268 e. The highest BCUT2D eigenvalue weighted by Gasteiger charge is 2.22. The molecule has 0 unspecified atom stereocenters. The van der Waals surface area contributed by atoms with Crippen LogP contribution >= 0.6 is 15.9 Å².